The highest BCUT2D eigenvalue weighted by Crippen LogP contribution is 2.19. The van der Waals surface area contributed by atoms with Gasteiger partial charge in [-0.25, -0.2) is 9.97 Å². The number of carbonyl (C=O) groups is 1. The molecule has 3 rings (SSSR count). The lowest BCUT2D eigenvalue weighted by molar-refractivity contribution is 0.0953. The Kier molecular flexibility index (Phi) is 6.41. The summed E-state index contributed by atoms with van der Waals surface area (Å²) < 4.78 is 0. The lowest BCUT2D eigenvalue weighted by Gasteiger charge is -2.27. The fourth-order valence-corrected chi connectivity index (χ4v) is 3.10. The molecule has 0 unspecified atom stereocenters. The van der Waals surface area contributed by atoms with Crippen LogP contribution in [0.4, 0.5) is 11.6 Å². The van der Waals surface area contributed by atoms with Crippen molar-refractivity contribution in [1.29, 1.82) is 0 Å². The van der Waals surface area contributed by atoms with Crippen molar-refractivity contribution in [3.8, 4) is 0 Å². The van der Waals surface area contributed by atoms with Gasteiger partial charge in [0, 0.05) is 37.8 Å². The van der Waals surface area contributed by atoms with E-state index in [1.165, 1.54) is 19.3 Å². The van der Waals surface area contributed by atoms with Crippen LogP contribution in [0, 0.1) is 0 Å². The summed E-state index contributed by atoms with van der Waals surface area (Å²) in [6, 6.07) is 9.69. The molecule has 0 spiro atoms. The molecule has 1 aromatic heterocycles. The van der Waals surface area contributed by atoms with Crippen molar-refractivity contribution >= 4 is 17.5 Å². The summed E-state index contributed by atoms with van der Waals surface area (Å²) in [6.45, 7) is 5.48. The minimum atomic E-state index is -0.0249. The van der Waals surface area contributed by atoms with Gasteiger partial charge in [0.1, 0.15) is 18.0 Å². The van der Waals surface area contributed by atoms with E-state index in [-0.39, 0.29) is 5.91 Å². The molecule has 1 saturated heterocycles. The topological polar surface area (TPSA) is 70.2 Å². The minimum Gasteiger partial charge on any atom is -0.366 e. The number of benzene rings is 1. The molecule has 26 heavy (non-hydrogen) atoms. The quantitative estimate of drug-likeness (QED) is 0.800. The van der Waals surface area contributed by atoms with Crippen LogP contribution in [0.2, 0.25) is 0 Å². The summed E-state index contributed by atoms with van der Waals surface area (Å²) in [4.78, 5) is 23.1. The van der Waals surface area contributed by atoms with E-state index in [2.05, 4.69) is 25.5 Å². The molecular formula is C20H27N5O. The number of piperidine rings is 1. The number of aromatic nitrogens is 2. The van der Waals surface area contributed by atoms with Crippen LogP contribution in [0.15, 0.2) is 36.7 Å². The number of amides is 1. The summed E-state index contributed by atoms with van der Waals surface area (Å²) in [5, 5.41) is 6.25. The summed E-state index contributed by atoms with van der Waals surface area (Å²) in [7, 11) is 0. The van der Waals surface area contributed by atoms with E-state index >= 15 is 0 Å². The van der Waals surface area contributed by atoms with E-state index in [1.54, 1.807) is 6.33 Å². The SMILES string of the molecule is CCCNC(=O)c1cccc(CNc2cc(N3CCCCC3)ncn2)c1. The Hall–Kier alpha value is -2.63. The van der Waals surface area contributed by atoms with Crippen LogP contribution in [0.5, 0.6) is 0 Å². The zero-order valence-electron chi connectivity index (χ0n) is 15.4. The van der Waals surface area contributed by atoms with Crippen molar-refractivity contribution in [2.75, 3.05) is 29.9 Å². The fourth-order valence-electron chi connectivity index (χ4n) is 3.10. The lowest BCUT2D eigenvalue weighted by atomic mass is 10.1. The van der Waals surface area contributed by atoms with Gasteiger partial charge in [0.25, 0.3) is 5.91 Å². The molecule has 0 radical (unpaired) electrons. The van der Waals surface area contributed by atoms with Gasteiger partial charge < -0.3 is 15.5 Å². The van der Waals surface area contributed by atoms with Gasteiger partial charge in [0.05, 0.1) is 0 Å². The first-order chi connectivity index (χ1) is 12.8. The summed E-state index contributed by atoms with van der Waals surface area (Å²) in [5.41, 5.74) is 1.74. The van der Waals surface area contributed by atoms with E-state index in [1.807, 2.05) is 37.3 Å². The van der Waals surface area contributed by atoms with E-state index in [9.17, 15) is 4.79 Å². The van der Waals surface area contributed by atoms with Gasteiger partial charge in [-0.3, -0.25) is 4.79 Å². The van der Waals surface area contributed by atoms with Gasteiger partial charge in [-0.1, -0.05) is 19.1 Å². The van der Waals surface area contributed by atoms with Crippen LogP contribution in [0.3, 0.4) is 0 Å². The van der Waals surface area contributed by atoms with Crippen molar-refractivity contribution < 1.29 is 4.79 Å². The number of nitrogens with zero attached hydrogens (tertiary/aromatic N) is 3. The van der Waals surface area contributed by atoms with Gasteiger partial charge in [-0.15, -0.1) is 0 Å². The molecule has 0 aliphatic carbocycles. The van der Waals surface area contributed by atoms with Crippen LogP contribution in [-0.4, -0.2) is 35.5 Å². The predicted octanol–water partition coefficient (Wildman–Crippen LogP) is 3.22. The molecule has 0 saturated carbocycles. The van der Waals surface area contributed by atoms with Gasteiger partial charge in [0.15, 0.2) is 0 Å². The molecule has 1 fully saturated rings. The Morgan fingerprint density at radius 1 is 1.15 bits per heavy atom. The predicted molar refractivity (Wildman–Crippen MR) is 104 cm³/mol. The number of rotatable bonds is 7. The Balaban J connectivity index is 1.61. The summed E-state index contributed by atoms with van der Waals surface area (Å²) >= 11 is 0. The maximum Gasteiger partial charge on any atom is 0.251 e. The van der Waals surface area contributed by atoms with E-state index in [4.69, 9.17) is 0 Å². The Morgan fingerprint density at radius 3 is 2.81 bits per heavy atom. The fraction of sp³-hybridized carbons (Fsp3) is 0.450. The first-order valence-electron chi connectivity index (χ1n) is 9.44. The second kappa shape index (κ2) is 9.17. The lowest BCUT2D eigenvalue weighted by Crippen LogP contribution is -2.30. The summed E-state index contributed by atoms with van der Waals surface area (Å²) in [5.74, 6) is 1.76. The van der Waals surface area contributed by atoms with E-state index < -0.39 is 0 Å². The normalized spacial score (nSPS) is 14.1. The molecule has 6 nitrogen and oxygen atoms in total. The second-order valence-corrected chi connectivity index (χ2v) is 6.62. The van der Waals surface area contributed by atoms with Gasteiger partial charge in [-0.05, 0) is 43.4 Å². The molecule has 138 valence electrons. The number of hydrogen-bond acceptors (Lipinski definition) is 5. The zero-order valence-corrected chi connectivity index (χ0v) is 15.4. The van der Waals surface area contributed by atoms with Gasteiger partial charge in [0.2, 0.25) is 0 Å². The molecule has 1 amide bonds. The van der Waals surface area contributed by atoms with E-state index in [0.29, 0.717) is 18.7 Å². The molecule has 0 atom stereocenters. The standard InChI is InChI=1S/C20H27N5O/c1-2-9-21-20(26)17-8-6-7-16(12-17)14-22-18-13-19(24-15-23-18)25-10-4-3-5-11-25/h6-8,12-13,15H,2-5,9-11,14H2,1H3,(H,21,26)(H,22,23,24). The van der Waals surface area contributed by atoms with Crippen molar-refractivity contribution in [1.82, 2.24) is 15.3 Å². The van der Waals surface area contributed by atoms with Crippen molar-refractivity contribution in [3.05, 3.63) is 47.8 Å². The average molecular weight is 353 g/mol. The molecule has 0 bridgehead atoms. The molecular weight excluding hydrogens is 326 g/mol. The molecule has 1 aliphatic heterocycles. The molecule has 1 aliphatic rings. The molecule has 2 aromatic rings. The van der Waals surface area contributed by atoms with Crippen LogP contribution in [0.25, 0.3) is 0 Å². The Bertz CT molecular complexity index is 728. The Morgan fingerprint density at radius 2 is 2.00 bits per heavy atom. The second-order valence-electron chi connectivity index (χ2n) is 6.62. The molecule has 2 N–H and O–H groups in total. The first kappa shape index (κ1) is 18.2. The third-order valence-corrected chi connectivity index (χ3v) is 4.53. The first-order valence-corrected chi connectivity index (χ1v) is 9.44. The maximum absolute atomic E-state index is 12.1. The number of hydrogen-bond donors (Lipinski definition) is 2. The number of anilines is 2. The molecule has 1 aromatic carbocycles. The van der Waals surface area contributed by atoms with Gasteiger partial charge in [-0.2, -0.15) is 0 Å². The monoisotopic (exact) mass is 353 g/mol. The van der Waals surface area contributed by atoms with Crippen LogP contribution in [0.1, 0.15) is 48.5 Å². The zero-order chi connectivity index (χ0) is 18.2. The Labute approximate surface area is 155 Å². The van der Waals surface area contributed by atoms with Crippen LogP contribution in [-0.2, 0) is 6.54 Å². The average Bonchev–Trinajstić information content (AvgIpc) is 2.71. The summed E-state index contributed by atoms with van der Waals surface area (Å²) in [6.07, 6.45) is 6.29. The molecule has 6 heteroatoms. The highest BCUT2D eigenvalue weighted by molar-refractivity contribution is 5.94. The van der Waals surface area contributed by atoms with Crippen LogP contribution >= 0.6 is 0 Å². The largest absolute Gasteiger partial charge is 0.366 e. The third kappa shape index (κ3) is 4.94. The molecule has 2 heterocycles. The highest BCUT2D eigenvalue weighted by Gasteiger charge is 2.12. The van der Waals surface area contributed by atoms with Crippen molar-refractivity contribution in [3.63, 3.8) is 0 Å². The van der Waals surface area contributed by atoms with Crippen molar-refractivity contribution in [2.24, 2.45) is 0 Å². The third-order valence-electron chi connectivity index (χ3n) is 4.53. The van der Waals surface area contributed by atoms with Crippen LogP contribution < -0.4 is 15.5 Å². The van der Waals surface area contributed by atoms with Gasteiger partial charge >= 0.3 is 0 Å². The number of carbonyl (C=O) groups excluding carboxylic acids is 1. The smallest absolute Gasteiger partial charge is 0.251 e. The minimum absolute atomic E-state index is 0.0249. The highest BCUT2D eigenvalue weighted by atomic mass is 16.1. The van der Waals surface area contributed by atoms with E-state index in [0.717, 1.165) is 36.7 Å². The maximum atomic E-state index is 12.1. The van der Waals surface area contributed by atoms with Crippen molar-refractivity contribution in [2.45, 2.75) is 39.2 Å². The number of nitrogens with one attached hydrogen (secondary N) is 2.